The Morgan fingerprint density at radius 3 is 2.54 bits per heavy atom. The first-order valence-corrected chi connectivity index (χ1v) is 11.4. The van der Waals surface area contributed by atoms with E-state index in [1.165, 1.54) is 4.90 Å². The predicted octanol–water partition coefficient (Wildman–Crippen LogP) is 1.18. The van der Waals surface area contributed by atoms with Crippen LogP contribution in [0, 0.1) is 0 Å². The zero-order valence-electron chi connectivity index (χ0n) is 16.4. The monoisotopic (exact) mass is 408 g/mol. The molecule has 0 saturated carbocycles. The molecule has 2 rings (SSSR count). The molecule has 0 radical (unpaired) electrons. The first-order chi connectivity index (χ1) is 13.2. The van der Waals surface area contributed by atoms with Gasteiger partial charge in [-0.25, -0.2) is 15.4 Å². The van der Waals surface area contributed by atoms with E-state index in [-0.39, 0.29) is 12.8 Å². The van der Waals surface area contributed by atoms with E-state index in [4.69, 9.17) is 15.3 Å². The van der Waals surface area contributed by atoms with Crippen LogP contribution in [0.1, 0.15) is 32.8 Å². The minimum absolute atomic E-state index is 0.168. The zero-order valence-corrected chi connectivity index (χ0v) is 17.6. The number of hydrogen-bond donors (Lipinski definition) is 3. The second kappa shape index (κ2) is 9.56. The van der Waals surface area contributed by atoms with Gasteiger partial charge in [0.05, 0.1) is 0 Å². The van der Waals surface area contributed by atoms with Crippen LogP contribution in [-0.4, -0.2) is 49.8 Å². The standard InChI is InChI=1S/C18H28N4O5Si/c1-18(2,3)27-17(25)22-12-28(10-9-14(22)15(23)20-19)21-16(24)26-11-13-7-5-4-6-8-13/h4-8,14,28H,9-12,19H2,1-3H3,(H,20,23)(H,21,24)/t14-,28+/m1/s1. The van der Waals surface area contributed by atoms with Gasteiger partial charge in [-0.2, -0.15) is 0 Å². The van der Waals surface area contributed by atoms with E-state index in [2.05, 4.69) is 10.4 Å². The molecule has 1 aliphatic heterocycles. The van der Waals surface area contributed by atoms with Crippen molar-refractivity contribution < 1.29 is 23.9 Å². The molecule has 1 saturated heterocycles. The van der Waals surface area contributed by atoms with Crippen molar-refractivity contribution >= 4 is 27.1 Å². The number of hydrogen-bond acceptors (Lipinski definition) is 6. The molecule has 1 heterocycles. The fourth-order valence-corrected chi connectivity index (χ4v) is 5.34. The van der Waals surface area contributed by atoms with Crippen molar-refractivity contribution in [3.8, 4) is 0 Å². The summed E-state index contributed by atoms with van der Waals surface area (Å²) in [5, 5.41) is 0. The Morgan fingerprint density at radius 1 is 1.25 bits per heavy atom. The van der Waals surface area contributed by atoms with Crippen LogP contribution >= 0.6 is 0 Å². The van der Waals surface area contributed by atoms with Gasteiger partial charge in [0.15, 0.2) is 8.96 Å². The number of rotatable bonds is 4. The Balaban J connectivity index is 1.96. The lowest BCUT2D eigenvalue weighted by atomic mass is 10.2. The summed E-state index contributed by atoms with van der Waals surface area (Å²) in [7, 11) is -1.90. The molecule has 0 aromatic heterocycles. The highest BCUT2D eigenvalue weighted by molar-refractivity contribution is 6.59. The smallest absolute Gasteiger partial charge is 0.410 e. The van der Waals surface area contributed by atoms with Crippen LogP contribution in [0.15, 0.2) is 30.3 Å². The Hall–Kier alpha value is -2.59. The van der Waals surface area contributed by atoms with Crippen molar-refractivity contribution in [3.63, 3.8) is 0 Å². The van der Waals surface area contributed by atoms with Crippen molar-refractivity contribution in [2.24, 2.45) is 5.84 Å². The Labute approximate surface area is 166 Å². The summed E-state index contributed by atoms with van der Waals surface area (Å²) in [6.45, 7) is 5.42. The maximum Gasteiger partial charge on any atom is 0.410 e. The average molecular weight is 409 g/mol. The molecular formula is C18H28N4O5Si. The number of benzene rings is 1. The third kappa shape index (κ3) is 6.53. The zero-order chi connectivity index (χ0) is 20.7. The lowest BCUT2D eigenvalue weighted by molar-refractivity contribution is -0.126. The topological polar surface area (TPSA) is 123 Å². The number of hydrazine groups is 1. The molecule has 0 bridgehead atoms. The number of carbonyl (C=O) groups excluding carboxylic acids is 3. The number of nitrogens with one attached hydrogen (secondary N) is 2. The molecule has 4 N–H and O–H groups in total. The molecular weight excluding hydrogens is 380 g/mol. The van der Waals surface area contributed by atoms with Gasteiger partial charge in [0.2, 0.25) is 0 Å². The van der Waals surface area contributed by atoms with Crippen molar-refractivity contribution in [1.29, 1.82) is 0 Å². The molecule has 154 valence electrons. The van der Waals surface area contributed by atoms with Crippen molar-refractivity contribution in [3.05, 3.63) is 35.9 Å². The van der Waals surface area contributed by atoms with Gasteiger partial charge in [0.1, 0.15) is 18.2 Å². The first kappa shape index (κ1) is 21.7. The second-order valence-electron chi connectivity index (χ2n) is 7.64. The van der Waals surface area contributed by atoms with Crippen LogP contribution < -0.4 is 16.3 Å². The first-order valence-electron chi connectivity index (χ1n) is 9.17. The maximum atomic E-state index is 12.5. The Kier molecular flexibility index (Phi) is 7.41. The molecule has 1 fully saturated rings. The normalized spacial score (nSPS) is 19.5. The van der Waals surface area contributed by atoms with Gasteiger partial charge in [0, 0.05) is 6.17 Å². The Morgan fingerprint density at radius 2 is 1.93 bits per heavy atom. The highest BCUT2D eigenvalue weighted by Gasteiger charge is 2.39. The minimum Gasteiger partial charge on any atom is -0.445 e. The van der Waals surface area contributed by atoms with E-state index < -0.39 is 38.7 Å². The molecule has 1 aliphatic rings. The lowest BCUT2D eigenvalue weighted by Gasteiger charge is -2.38. The van der Waals surface area contributed by atoms with E-state index >= 15 is 0 Å². The van der Waals surface area contributed by atoms with Gasteiger partial charge < -0.3 is 14.5 Å². The molecule has 1 aromatic rings. The fraction of sp³-hybridized carbons (Fsp3) is 0.500. The third-order valence-electron chi connectivity index (χ3n) is 4.19. The number of nitrogens with zero attached hydrogens (tertiary/aromatic N) is 1. The molecule has 10 heteroatoms. The van der Waals surface area contributed by atoms with Crippen molar-refractivity contribution in [2.45, 2.75) is 51.5 Å². The minimum atomic E-state index is -1.90. The summed E-state index contributed by atoms with van der Waals surface area (Å²) < 4.78 is 10.7. The van der Waals surface area contributed by atoms with Gasteiger partial charge in [-0.3, -0.25) is 15.1 Å². The molecule has 0 aliphatic carbocycles. The number of ether oxygens (including phenoxy) is 2. The van der Waals surface area contributed by atoms with Gasteiger partial charge in [-0.1, -0.05) is 30.3 Å². The summed E-state index contributed by atoms with van der Waals surface area (Å²) in [6, 6.07) is 9.28. The molecule has 1 aromatic carbocycles. The van der Waals surface area contributed by atoms with Crippen LogP contribution in [0.25, 0.3) is 0 Å². The molecule has 0 spiro atoms. The fourth-order valence-electron chi connectivity index (χ4n) is 2.91. The van der Waals surface area contributed by atoms with Crippen LogP contribution in [-0.2, 0) is 20.9 Å². The highest BCUT2D eigenvalue weighted by Crippen LogP contribution is 2.20. The van der Waals surface area contributed by atoms with Gasteiger partial charge in [-0.15, -0.1) is 0 Å². The van der Waals surface area contributed by atoms with E-state index in [1.807, 2.05) is 30.3 Å². The average Bonchev–Trinajstić information content (AvgIpc) is 2.65. The SMILES string of the molecule is CC(C)(C)OC(=O)N1C[Si@@H](NC(=O)OCc2ccccc2)CC[C@@H]1C(=O)NN. The molecule has 3 amide bonds. The summed E-state index contributed by atoms with van der Waals surface area (Å²) in [5.74, 6) is 4.79. The van der Waals surface area contributed by atoms with E-state index in [0.717, 1.165) is 5.56 Å². The predicted molar refractivity (Wildman–Crippen MR) is 105 cm³/mol. The van der Waals surface area contributed by atoms with Gasteiger partial charge in [-0.05, 0) is 38.8 Å². The van der Waals surface area contributed by atoms with Crippen LogP contribution in [0.4, 0.5) is 9.59 Å². The Bertz CT molecular complexity index is 695. The maximum absolute atomic E-state index is 12.5. The summed E-state index contributed by atoms with van der Waals surface area (Å²) >= 11 is 0. The lowest BCUT2D eigenvalue weighted by Crippen LogP contribution is -2.61. The summed E-state index contributed by atoms with van der Waals surface area (Å²) in [5.41, 5.74) is 2.28. The molecule has 28 heavy (non-hydrogen) atoms. The van der Waals surface area contributed by atoms with Gasteiger partial charge in [0.25, 0.3) is 5.91 Å². The molecule has 2 atom stereocenters. The van der Waals surface area contributed by atoms with Crippen molar-refractivity contribution in [2.75, 3.05) is 6.17 Å². The summed E-state index contributed by atoms with van der Waals surface area (Å²) in [4.78, 5) is 41.0. The van der Waals surface area contributed by atoms with Crippen molar-refractivity contribution in [1.82, 2.24) is 15.3 Å². The molecule has 0 unspecified atom stereocenters. The largest absolute Gasteiger partial charge is 0.445 e. The van der Waals surface area contributed by atoms with E-state index in [1.54, 1.807) is 20.8 Å². The highest BCUT2D eigenvalue weighted by atomic mass is 28.3. The third-order valence-corrected chi connectivity index (χ3v) is 6.70. The number of amides is 3. The van der Waals surface area contributed by atoms with Crippen LogP contribution in [0.3, 0.4) is 0 Å². The van der Waals surface area contributed by atoms with E-state index in [9.17, 15) is 14.4 Å². The number of carbonyl (C=O) groups is 3. The second-order valence-corrected chi connectivity index (χ2v) is 10.3. The number of nitrogens with two attached hydrogens (primary N) is 1. The molecule has 9 nitrogen and oxygen atoms in total. The van der Waals surface area contributed by atoms with E-state index in [0.29, 0.717) is 12.5 Å². The quantitative estimate of drug-likeness (QED) is 0.297. The van der Waals surface area contributed by atoms with Crippen LogP contribution in [0.2, 0.25) is 6.04 Å². The van der Waals surface area contributed by atoms with Gasteiger partial charge >= 0.3 is 12.2 Å². The summed E-state index contributed by atoms with van der Waals surface area (Å²) in [6.07, 6.45) is -0.463. The van der Waals surface area contributed by atoms with Crippen LogP contribution in [0.5, 0.6) is 0 Å².